The molecule has 0 unspecified atom stereocenters. The number of halogens is 3. The largest absolute Gasteiger partial charge is 0.489 e. The number of nitrogens with one attached hydrogen (secondary N) is 3. The predicted molar refractivity (Wildman–Crippen MR) is 159 cm³/mol. The Morgan fingerprint density at radius 1 is 1.02 bits per heavy atom. The minimum Gasteiger partial charge on any atom is -0.489 e. The maximum atomic E-state index is 13.6. The van der Waals surface area contributed by atoms with Gasteiger partial charge in [0.25, 0.3) is 0 Å². The Balaban J connectivity index is 1.57. The zero-order valence-corrected chi connectivity index (χ0v) is 24.8. The quantitative estimate of drug-likeness (QED) is 0.208. The van der Waals surface area contributed by atoms with Crippen LogP contribution in [0.25, 0.3) is 10.9 Å². The van der Waals surface area contributed by atoms with Gasteiger partial charge in [0.1, 0.15) is 18.9 Å². The van der Waals surface area contributed by atoms with Crippen LogP contribution in [0, 0.1) is 11.8 Å². The molecule has 3 N–H and O–H groups in total. The van der Waals surface area contributed by atoms with Crippen molar-refractivity contribution in [2.75, 3.05) is 50.8 Å². The van der Waals surface area contributed by atoms with Crippen molar-refractivity contribution in [1.29, 1.82) is 0 Å². The van der Waals surface area contributed by atoms with E-state index >= 15 is 0 Å². The second-order valence-corrected chi connectivity index (χ2v) is 12.4. The molecule has 42 heavy (non-hydrogen) atoms. The van der Waals surface area contributed by atoms with Crippen molar-refractivity contribution in [3.63, 3.8) is 0 Å². The van der Waals surface area contributed by atoms with Gasteiger partial charge in [-0.1, -0.05) is 12.0 Å². The summed E-state index contributed by atoms with van der Waals surface area (Å²) < 4.78 is 76.7. The van der Waals surface area contributed by atoms with E-state index in [2.05, 4.69) is 27.8 Å². The Labute approximate surface area is 244 Å². The first-order valence-corrected chi connectivity index (χ1v) is 15.7. The van der Waals surface area contributed by atoms with E-state index in [9.17, 15) is 21.6 Å². The molecule has 228 valence electrons. The van der Waals surface area contributed by atoms with Crippen LogP contribution in [-0.2, 0) is 21.1 Å². The predicted octanol–water partition coefficient (Wildman–Crippen LogP) is 5.04. The Kier molecular flexibility index (Phi) is 10.3. The molecule has 2 aromatic carbocycles. The van der Waals surface area contributed by atoms with Gasteiger partial charge in [0.15, 0.2) is 9.84 Å². The fourth-order valence-corrected chi connectivity index (χ4v) is 5.75. The third-order valence-electron chi connectivity index (χ3n) is 7.29. The fourth-order valence-electron chi connectivity index (χ4n) is 5.12. The average Bonchev–Trinajstić information content (AvgIpc) is 3.28. The summed E-state index contributed by atoms with van der Waals surface area (Å²) in [6.45, 7) is -0.559. The number of sulfone groups is 1. The van der Waals surface area contributed by atoms with Gasteiger partial charge in [0.2, 0.25) is 0 Å². The van der Waals surface area contributed by atoms with Gasteiger partial charge in [0.05, 0.1) is 34.9 Å². The molecule has 0 saturated heterocycles. The highest BCUT2D eigenvalue weighted by atomic mass is 32.2. The van der Waals surface area contributed by atoms with Crippen molar-refractivity contribution < 1.29 is 31.1 Å². The van der Waals surface area contributed by atoms with Crippen LogP contribution in [0.2, 0.25) is 0 Å². The first-order valence-electron chi connectivity index (χ1n) is 13.8. The number of fused-ring (bicyclic) bond motifs is 1. The van der Waals surface area contributed by atoms with Crippen LogP contribution in [0.15, 0.2) is 47.4 Å². The highest BCUT2D eigenvalue weighted by Crippen LogP contribution is 2.32. The van der Waals surface area contributed by atoms with Crippen LogP contribution in [0.4, 0.5) is 24.5 Å². The van der Waals surface area contributed by atoms with Gasteiger partial charge < -0.3 is 30.0 Å². The topological polar surface area (TPSA) is 93.6 Å². The van der Waals surface area contributed by atoms with Gasteiger partial charge in [-0.15, -0.1) is 0 Å². The van der Waals surface area contributed by atoms with Crippen LogP contribution in [0.3, 0.4) is 0 Å². The van der Waals surface area contributed by atoms with Crippen LogP contribution in [-0.4, -0.2) is 71.4 Å². The van der Waals surface area contributed by atoms with Crippen LogP contribution in [0.5, 0.6) is 5.75 Å². The van der Waals surface area contributed by atoms with E-state index in [0.717, 1.165) is 37.6 Å². The first-order chi connectivity index (χ1) is 20.0. The molecular formula is C30H37F3N4O4S. The van der Waals surface area contributed by atoms with Crippen molar-refractivity contribution in [3.8, 4) is 17.6 Å². The normalized spacial score (nSPS) is 17.5. The molecule has 1 aliphatic carbocycles. The zero-order valence-electron chi connectivity index (χ0n) is 24.0. The third-order valence-corrected chi connectivity index (χ3v) is 8.40. The summed E-state index contributed by atoms with van der Waals surface area (Å²) in [5.41, 5.74) is 2.01. The molecule has 1 heterocycles. The second-order valence-electron chi connectivity index (χ2n) is 10.4. The highest BCUT2D eigenvalue weighted by Gasteiger charge is 2.30. The fraction of sp³-hybridized carbons (Fsp3) is 0.467. The number of benzene rings is 2. The Bertz CT molecular complexity index is 1540. The van der Waals surface area contributed by atoms with Crippen LogP contribution in [0.1, 0.15) is 31.4 Å². The molecule has 1 saturated carbocycles. The number of alkyl halides is 3. The summed E-state index contributed by atoms with van der Waals surface area (Å²) in [5.74, 6) is 6.13. The SMILES string of the molecule is CNC1CCC(Nc2cccc3c2cc(C#CCNc2ccc(S(C)(=O)=O)cc2OCCOC)n3CC(F)(F)F)CC1. The van der Waals surface area contributed by atoms with Gasteiger partial charge in [0, 0.05) is 42.6 Å². The lowest BCUT2D eigenvalue weighted by Gasteiger charge is -2.29. The number of hydrogen-bond donors (Lipinski definition) is 3. The molecule has 12 heteroatoms. The van der Waals surface area contributed by atoms with E-state index in [1.165, 1.54) is 23.8 Å². The molecule has 4 rings (SSSR count). The Morgan fingerprint density at radius 2 is 1.76 bits per heavy atom. The number of aromatic nitrogens is 1. The second kappa shape index (κ2) is 13.7. The monoisotopic (exact) mass is 606 g/mol. The maximum Gasteiger partial charge on any atom is 0.406 e. The lowest BCUT2D eigenvalue weighted by molar-refractivity contribution is -0.140. The van der Waals surface area contributed by atoms with E-state index in [1.807, 2.05) is 13.1 Å². The van der Waals surface area contributed by atoms with E-state index in [4.69, 9.17) is 9.47 Å². The van der Waals surface area contributed by atoms with E-state index in [-0.39, 0.29) is 29.8 Å². The number of nitrogens with zero attached hydrogens (tertiary/aromatic N) is 1. The van der Waals surface area contributed by atoms with Crippen LogP contribution < -0.4 is 20.7 Å². The Hall–Kier alpha value is -3.40. The summed E-state index contributed by atoms with van der Waals surface area (Å²) in [4.78, 5) is 0.0997. The molecule has 0 amide bonds. The number of hydrogen-bond acceptors (Lipinski definition) is 7. The van der Waals surface area contributed by atoms with Gasteiger partial charge >= 0.3 is 6.18 Å². The van der Waals surface area contributed by atoms with Crippen molar-refractivity contribution in [1.82, 2.24) is 9.88 Å². The standard InChI is InChI=1S/C30H37F3N4O4S/c1-34-21-9-11-22(12-10-21)36-26-7-4-8-28-25(26)18-23(37(28)20-30(31,32)33)6-5-15-35-27-14-13-24(42(3,38)39)19-29(27)41-17-16-40-2/h4,7-8,13-14,18-19,21-22,34-36H,9-12,15-17,20H2,1-3H3. The number of ether oxygens (including phenoxy) is 2. The molecular weight excluding hydrogens is 569 g/mol. The van der Waals surface area contributed by atoms with Gasteiger partial charge in [-0.05, 0) is 69.0 Å². The van der Waals surface area contributed by atoms with Crippen molar-refractivity contribution in [2.24, 2.45) is 0 Å². The lowest BCUT2D eigenvalue weighted by atomic mass is 9.91. The molecule has 0 bridgehead atoms. The number of methoxy groups -OCH3 is 1. The van der Waals surface area contributed by atoms with Gasteiger partial charge in [-0.2, -0.15) is 13.2 Å². The summed E-state index contributed by atoms with van der Waals surface area (Å²) in [5, 5.41) is 10.6. The summed E-state index contributed by atoms with van der Waals surface area (Å²) in [6.07, 6.45) is 0.719. The molecule has 1 fully saturated rings. The van der Waals surface area contributed by atoms with Crippen molar-refractivity contribution >= 4 is 32.1 Å². The summed E-state index contributed by atoms with van der Waals surface area (Å²) in [6, 6.07) is 12.2. The molecule has 0 aliphatic heterocycles. The Morgan fingerprint density at radius 3 is 2.43 bits per heavy atom. The van der Waals surface area contributed by atoms with Crippen molar-refractivity contribution in [2.45, 2.75) is 55.4 Å². The number of rotatable bonds is 11. The zero-order chi connectivity index (χ0) is 30.3. The lowest BCUT2D eigenvalue weighted by Crippen LogP contribution is -2.34. The molecule has 3 aromatic rings. The minimum absolute atomic E-state index is 0.0895. The molecule has 0 radical (unpaired) electrons. The molecule has 1 aliphatic rings. The molecule has 1 aromatic heterocycles. The highest BCUT2D eigenvalue weighted by molar-refractivity contribution is 7.90. The smallest absolute Gasteiger partial charge is 0.406 e. The van der Waals surface area contributed by atoms with Gasteiger partial charge in [-0.3, -0.25) is 0 Å². The summed E-state index contributed by atoms with van der Waals surface area (Å²) in [7, 11) is 0.0354. The molecule has 8 nitrogen and oxygen atoms in total. The molecule has 0 spiro atoms. The number of anilines is 2. The first kappa shape index (κ1) is 31.5. The minimum atomic E-state index is -4.43. The van der Waals surface area contributed by atoms with E-state index < -0.39 is 22.6 Å². The average molecular weight is 607 g/mol. The van der Waals surface area contributed by atoms with Crippen LogP contribution >= 0.6 is 0 Å². The molecule has 0 atom stereocenters. The van der Waals surface area contributed by atoms with Gasteiger partial charge in [-0.25, -0.2) is 8.42 Å². The summed E-state index contributed by atoms with van der Waals surface area (Å²) >= 11 is 0. The van der Waals surface area contributed by atoms with Crippen molar-refractivity contribution in [3.05, 3.63) is 48.2 Å². The van der Waals surface area contributed by atoms with E-state index in [0.29, 0.717) is 35.0 Å². The van der Waals surface area contributed by atoms with E-state index in [1.54, 1.807) is 24.3 Å². The maximum absolute atomic E-state index is 13.6. The third kappa shape index (κ3) is 8.33.